The predicted molar refractivity (Wildman–Crippen MR) is 68.4 cm³/mol. The van der Waals surface area contributed by atoms with Crippen LogP contribution in [0.4, 0.5) is 15.8 Å². The van der Waals surface area contributed by atoms with Gasteiger partial charge in [-0.05, 0) is 22.0 Å². The van der Waals surface area contributed by atoms with Crippen LogP contribution in [-0.2, 0) is 0 Å². The van der Waals surface area contributed by atoms with Gasteiger partial charge in [0.1, 0.15) is 5.52 Å². The van der Waals surface area contributed by atoms with Gasteiger partial charge >= 0.3 is 0 Å². The lowest BCUT2D eigenvalue weighted by Gasteiger charge is -2.11. The number of nitrogen functional groups attached to an aromatic ring is 1. The van der Waals surface area contributed by atoms with Gasteiger partial charge in [0, 0.05) is 16.9 Å². The van der Waals surface area contributed by atoms with Crippen molar-refractivity contribution in [2.45, 2.75) is 0 Å². The average molecular weight is 305 g/mol. The first-order chi connectivity index (χ1) is 7.56. The molecule has 0 unspecified atom stereocenters. The van der Waals surface area contributed by atoms with Crippen molar-refractivity contribution in [3.8, 4) is 0 Å². The summed E-state index contributed by atoms with van der Waals surface area (Å²) in [7, 11) is 1.69. The minimum atomic E-state index is -0.442. The molecule has 0 aliphatic carbocycles. The number of rotatable bonds is 1. The number of aromatic nitrogens is 1. The molecule has 0 spiro atoms. The summed E-state index contributed by atoms with van der Waals surface area (Å²) in [6, 6.07) is 1.29. The molecule has 0 atom stereocenters. The SMILES string of the molecule is CNc1c(N)cnc2c(F)cc(Br)c(Cl)c12. The molecule has 0 saturated carbocycles. The van der Waals surface area contributed by atoms with E-state index in [4.69, 9.17) is 17.3 Å². The Hall–Kier alpha value is -1.07. The topological polar surface area (TPSA) is 50.9 Å². The van der Waals surface area contributed by atoms with E-state index in [2.05, 4.69) is 26.2 Å². The number of nitrogens with two attached hydrogens (primary N) is 1. The van der Waals surface area contributed by atoms with Crippen LogP contribution in [0.15, 0.2) is 16.7 Å². The fourth-order valence-electron chi connectivity index (χ4n) is 1.55. The van der Waals surface area contributed by atoms with Crippen LogP contribution in [0.5, 0.6) is 0 Å². The fraction of sp³-hybridized carbons (Fsp3) is 0.100. The maximum atomic E-state index is 13.7. The van der Waals surface area contributed by atoms with E-state index in [0.29, 0.717) is 26.3 Å². The van der Waals surface area contributed by atoms with Gasteiger partial charge in [-0.15, -0.1) is 0 Å². The highest BCUT2D eigenvalue weighted by Gasteiger charge is 2.15. The highest BCUT2D eigenvalue weighted by Crippen LogP contribution is 2.38. The van der Waals surface area contributed by atoms with Gasteiger partial charge in [0.15, 0.2) is 5.82 Å². The zero-order valence-electron chi connectivity index (χ0n) is 8.31. The lowest BCUT2D eigenvalue weighted by Crippen LogP contribution is -2.00. The van der Waals surface area contributed by atoms with Crippen LogP contribution in [0.2, 0.25) is 5.02 Å². The Kier molecular flexibility index (Phi) is 2.90. The van der Waals surface area contributed by atoms with Crippen molar-refractivity contribution >= 4 is 49.8 Å². The summed E-state index contributed by atoms with van der Waals surface area (Å²) in [6.07, 6.45) is 1.40. The quantitative estimate of drug-likeness (QED) is 0.794. The minimum Gasteiger partial charge on any atom is -0.396 e. The summed E-state index contributed by atoms with van der Waals surface area (Å²) in [5, 5.41) is 3.77. The van der Waals surface area contributed by atoms with Crippen LogP contribution >= 0.6 is 27.5 Å². The molecule has 2 rings (SSSR count). The Balaban J connectivity index is 3.01. The molecule has 3 N–H and O–H groups in total. The highest BCUT2D eigenvalue weighted by molar-refractivity contribution is 9.10. The number of halogens is 3. The fourth-order valence-corrected chi connectivity index (χ4v) is 2.19. The third-order valence-electron chi connectivity index (χ3n) is 2.27. The summed E-state index contributed by atoms with van der Waals surface area (Å²) < 4.78 is 14.1. The van der Waals surface area contributed by atoms with Crippen LogP contribution in [0.1, 0.15) is 0 Å². The molecular formula is C10H8BrClFN3. The van der Waals surface area contributed by atoms with Gasteiger partial charge < -0.3 is 11.1 Å². The van der Waals surface area contributed by atoms with E-state index in [-0.39, 0.29) is 5.52 Å². The number of fused-ring (bicyclic) bond motifs is 1. The predicted octanol–water partition coefficient (Wildman–Crippen LogP) is 3.41. The summed E-state index contributed by atoms with van der Waals surface area (Å²) in [4.78, 5) is 3.95. The zero-order chi connectivity index (χ0) is 11.9. The smallest absolute Gasteiger partial charge is 0.150 e. The lowest BCUT2D eigenvalue weighted by atomic mass is 10.1. The Morgan fingerprint density at radius 3 is 2.88 bits per heavy atom. The van der Waals surface area contributed by atoms with Gasteiger partial charge in [0.2, 0.25) is 0 Å². The second-order valence-corrected chi connectivity index (χ2v) is 4.45. The van der Waals surface area contributed by atoms with E-state index < -0.39 is 5.82 Å². The zero-order valence-corrected chi connectivity index (χ0v) is 10.7. The van der Waals surface area contributed by atoms with E-state index >= 15 is 0 Å². The number of hydrogen-bond donors (Lipinski definition) is 2. The van der Waals surface area contributed by atoms with E-state index in [1.54, 1.807) is 7.05 Å². The first-order valence-corrected chi connectivity index (χ1v) is 5.62. The van der Waals surface area contributed by atoms with Crippen molar-refractivity contribution in [3.63, 3.8) is 0 Å². The van der Waals surface area contributed by atoms with E-state index in [0.717, 1.165) is 0 Å². The van der Waals surface area contributed by atoms with Gasteiger partial charge in [-0.25, -0.2) is 4.39 Å². The molecule has 0 amide bonds. The normalized spacial score (nSPS) is 10.8. The third kappa shape index (κ3) is 1.60. The highest BCUT2D eigenvalue weighted by atomic mass is 79.9. The van der Waals surface area contributed by atoms with Crippen molar-refractivity contribution in [3.05, 3.63) is 27.6 Å². The van der Waals surface area contributed by atoms with Crippen LogP contribution in [0, 0.1) is 5.82 Å². The summed E-state index contributed by atoms with van der Waals surface area (Å²) in [5.41, 5.74) is 6.95. The summed E-state index contributed by atoms with van der Waals surface area (Å²) in [6.45, 7) is 0. The molecule has 0 radical (unpaired) electrons. The first-order valence-electron chi connectivity index (χ1n) is 4.45. The van der Waals surface area contributed by atoms with Gasteiger partial charge in [-0.1, -0.05) is 11.6 Å². The molecule has 1 heterocycles. The van der Waals surface area contributed by atoms with Crippen LogP contribution in [-0.4, -0.2) is 12.0 Å². The Morgan fingerprint density at radius 2 is 2.25 bits per heavy atom. The molecule has 0 aliphatic rings. The average Bonchev–Trinajstić information content (AvgIpc) is 2.25. The maximum Gasteiger partial charge on any atom is 0.150 e. The number of hydrogen-bond acceptors (Lipinski definition) is 3. The molecule has 6 heteroatoms. The Bertz CT molecular complexity index is 574. The Labute approximate surface area is 105 Å². The van der Waals surface area contributed by atoms with Crippen molar-refractivity contribution in [1.29, 1.82) is 0 Å². The van der Waals surface area contributed by atoms with Gasteiger partial charge in [-0.2, -0.15) is 0 Å². The standard InChI is InChI=1S/C10H8BrClFN3/c1-15-10-6(14)3-16-9-5(13)2-4(11)8(12)7(9)10/h2-3H,14H2,1H3,(H,15,16). The number of nitrogens with zero attached hydrogens (tertiary/aromatic N) is 1. The molecule has 1 aromatic carbocycles. The van der Waals surface area contributed by atoms with Crippen molar-refractivity contribution in [2.75, 3.05) is 18.1 Å². The number of pyridine rings is 1. The molecule has 0 saturated heterocycles. The van der Waals surface area contributed by atoms with E-state index in [1.807, 2.05) is 0 Å². The summed E-state index contributed by atoms with van der Waals surface area (Å²) >= 11 is 9.29. The maximum absolute atomic E-state index is 13.7. The molecule has 0 fully saturated rings. The van der Waals surface area contributed by atoms with Crippen molar-refractivity contribution < 1.29 is 4.39 Å². The van der Waals surface area contributed by atoms with Gasteiger partial charge in [0.05, 0.1) is 22.6 Å². The Morgan fingerprint density at radius 1 is 1.56 bits per heavy atom. The third-order valence-corrected chi connectivity index (χ3v) is 3.51. The van der Waals surface area contributed by atoms with Crippen LogP contribution in [0.3, 0.4) is 0 Å². The van der Waals surface area contributed by atoms with Crippen molar-refractivity contribution in [2.24, 2.45) is 0 Å². The monoisotopic (exact) mass is 303 g/mol. The molecule has 1 aromatic heterocycles. The second kappa shape index (κ2) is 4.07. The number of nitrogens with one attached hydrogen (secondary N) is 1. The van der Waals surface area contributed by atoms with E-state index in [9.17, 15) is 4.39 Å². The second-order valence-electron chi connectivity index (χ2n) is 3.22. The van der Waals surface area contributed by atoms with E-state index in [1.165, 1.54) is 12.3 Å². The number of anilines is 2. The molecule has 0 bridgehead atoms. The molecule has 84 valence electrons. The molecule has 3 nitrogen and oxygen atoms in total. The van der Waals surface area contributed by atoms with Gasteiger partial charge in [-0.3, -0.25) is 4.98 Å². The van der Waals surface area contributed by atoms with Crippen LogP contribution in [0.25, 0.3) is 10.9 Å². The molecular weight excluding hydrogens is 296 g/mol. The largest absolute Gasteiger partial charge is 0.396 e. The molecule has 16 heavy (non-hydrogen) atoms. The van der Waals surface area contributed by atoms with Crippen LogP contribution < -0.4 is 11.1 Å². The number of benzene rings is 1. The minimum absolute atomic E-state index is 0.201. The molecule has 0 aliphatic heterocycles. The summed E-state index contributed by atoms with van der Waals surface area (Å²) in [5.74, 6) is -0.442. The van der Waals surface area contributed by atoms with Crippen molar-refractivity contribution in [1.82, 2.24) is 4.98 Å². The van der Waals surface area contributed by atoms with Gasteiger partial charge in [0.25, 0.3) is 0 Å². The lowest BCUT2D eigenvalue weighted by molar-refractivity contribution is 0.636. The molecule has 2 aromatic rings. The first kappa shape index (κ1) is 11.4.